The van der Waals surface area contributed by atoms with Gasteiger partial charge in [-0.25, -0.2) is 0 Å². The molecule has 1 saturated carbocycles. The van der Waals surface area contributed by atoms with Crippen LogP contribution in [0.5, 0.6) is 0 Å². The lowest BCUT2D eigenvalue weighted by Crippen LogP contribution is -2.37. The van der Waals surface area contributed by atoms with Crippen LogP contribution in [0.1, 0.15) is 73.1 Å². The summed E-state index contributed by atoms with van der Waals surface area (Å²) in [6, 6.07) is 0. The van der Waals surface area contributed by atoms with Gasteiger partial charge < -0.3 is 5.32 Å². The highest BCUT2D eigenvalue weighted by Crippen LogP contribution is 2.42. The number of hydrogen-bond donors (Lipinski definition) is 1. The average Bonchev–Trinajstić information content (AvgIpc) is 2.39. The van der Waals surface area contributed by atoms with Gasteiger partial charge in [0, 0.05) is 0 Å². The monoisotopic (exact) mass is 267 g/mol. The van der Waals surface area contributed by atoms with Gasteiger partial charge in [0.25, 0.3) is 0 Å². The Balaban J connectivity index is 2.56. The van der Waals surface area contributed by atoms with Crippen molar-refractivity contribution in [3.8, 4) is 0 Å². The molecule has 0 aliphatic heterocycles. The van der Waals surface area contributed by atoms with Gasteiger partial charge in [0.05, 0.1) is 0 Å². The van der Waals surface area contributed by atoms with E-state index in [0.29, 0.717) is 0 Å². The number of hydrogen-bond acceptors (Lipinski definition) is 1. The molecule has 1 nitrogen and oxygen atoms in total. The molecule has 19 heavy (non-hydrogen) atoms. The first kappa shape index (κ1) is 17.0. The Bertz CT molecular complexity index is 224. The van der Waals surface area contributed by atoms with Gasteiger partial charge in [-0.05, 0) is 68.4 Å². The maximum absolute atomic E-state index is 3.68. The van der Waals surface area contributed by atoms with Crippen molar-refractivity contribution in [2.45, 2.75) is 73.1 Å². The van der Waals surface area contributed by atoms with E-state index >= 15 is 0 Å². The van der Waals surface area contributed by atoms with E-state index < -0.39 is 0 Å². The van der Waals surface area contributed by atoms with Crippen LogP contribution < -0.4 is 5.32 Å². The smallest absolute Gasteiger partial charge is 0.00178 e. The second kappa shape index (κ2) is 9.00. The molecule has 0 amide bonds. The summed E-state index contributed by atoms with van der Waals surface area (Å²) in [5.74, 6) is 4.67. The molecule has 0 radical (unpaired) electrons. The largest absolute Gasteiger partial charge is 0.316 e. The Morgan fingerprint density at radius 1 is 1.05 bits per heavy atom. The molecule has 4 atom stereocenters. The topological polar surface area (TPSA) is 12.0 Å². The second-order valence-electron chi connectivity index (χ2n) is 7.21. The quantitative estimate of drug-likeness (QED) is 0.603. The third-order valence-corrected chi connectivity index (χ3v) is 5.34. The van der Waals surface area contributed by atoms with Crippen LogP contribution in [0.2, 0.25) is 0 Å². The van der Waals surface area contributed by atoms with Crippen LogP contribution in [-0.2, 0) is 0 Å². The predicted octanol–water partition coefficient (Wildman–Crippen LogP) is 5.11. The zero-order chi connectivity index (χ0) is 14.3. The molecule has 0 aromatic carbocycles. The summed E-state index contributed by atoms with van der Waals surface area (Å²) in [7, 11) is 0. The van der Waals surface area contributed by atoms with E-state index in [1.807, 2.05) is 0 Å². The predicted molar refractivity (Wildman–Crippen MR) is 86.4 cm³/mol. The summed E-state index contributed by atoms with van der Waals surface area (Å²) < 4.78 is 0. The van der Waals surface area contributed by atoms with Gasteiger partial charge in [0.2, 0.25) is 0 Å². The van der Waals surface area contributed by atoms with Crippen LogP contribution in [0.4, 0.5) is 0 Å². The molecule has 1 rings (SSSR count). The standard InChI is InChI=1S/C18H37N/c1-6-8-15(5)18-12-16(14(3)4)9-10-17(18)13-19-11-7-2/h14-19H,6-13H2,1-5H3. The third kappa shape index (κ3) is 5.45. The van der Waals surface area contributed by atoms with E-state index in [2.05, 4.69) is 39.9 Å². The van der Waals surface area contributed by atoms with Gasteiger partial charge >= 0.3 is 0 Å². The van der Waals surface area contributed by atoms with Gasteiger partial charge in [0.15, 0.2) is 0 Å². The van der Waals surface area contributed by atoms with Crippen molar-refractivity contribution < 1.29 is 0 Å². The first-order valence-corrected chi connectivity index (χ1v) is 8.80. The van der Waals surface area contributed by atoms with Crippen molar-refractivity contribution in [2.24, 2.45) is 29.6 Å². The number of rotatable bonds is 8. The van der Waals surface area contributed by atoms with Crippen LogP contribution in [0.25, 0.3) is 0 Å². The fourth-order valence-corrected chi connectivity index (χ4v) is 3.99. The summed E-state index contributed by atoms with van der Waals surface area (Å²) in [5, 5.41) is 3.68. The Morgan fingerprint density at radius 2 is 1.79 bits per heavy atom. The van der Waals surface area contributed by atoms with Crippen molar-refractivity contribution in [3.05, 3.63) is 0 Å². The van der Waals surface area contributed by atoms with Gasteiger partial charge in [-0.15, -0.1) is 0 Å². The fourth-order valence-electron chi connectivity index (χ4n) is 3.99. The first-order valence-electron chi connectivity index (χ1n) is 8.80. The lowest BCUT2D eigenvalue weighted by Gasteiger charge is -2.41. The number of nitrogens with one attached hydrogen (secondary N) is 1. The lowest BCUT2D eigenvalue weighted by atomic mass is 9.66. The molecule has 0 bridgehead atoms. The first-order chi connectivity index (χ1) is 9.10. The summed E-state index contributed by atoms with van der Waals surface area (Å²) in [5.41, 5.74) is 0. The van der Waals surface area contributed by atoms with Gasteiger partial charge in [-0.3, -0.25) is 0 Å². The second-order valence-corrected chi connectivity index (χ2v) is 7.21. The molecule has 1 fully saturated rings. The molecule has 0 aromatic heterocycles. The minimum absolute atomic E-state index is 0.876. The molecule has 114 valence electrons. The molecular formula is C18H37N. The Hall–Kier alpha value is -0.0400. The SMILES string of the molecule is CCCNCC1CCC(C(C)C)CC1C(C)CCC. The summed E-state index contributed by atoms with van der Waals surface area (Å²) in [6.45, 7) is 14.4. The molecule has 0 aromatic rings. The highest BCUT2D eigenvalue weighted by molar-refractivity contribution is 4.85. The molecule has 1 aliphatic rings. The molecule has 0 heterocycles. The highest BCUT2D eigenvalue weighted by atomic mass is 14.9. The molecule has 0 spiro atoms. The maximum Gasteiger partial charge on any atom is -0.00178 e. The van der Waals surface area contributed by atoms with Crippen molar-refractivity contribution in [1.29, 1.82) is 0 Å². The molecule has 0 saturated heterocycles. The zero-order valence-electron chi connectivity index (χ0n) is 14.0. The molecule has 4 unspecified atom stereocenters. The fraction of sp³-hybridized carbons (Fsp3) is 1.00. The van der Waals surface area contributed by atoms with Crippen LogP contribution in [0, 0.1) is 29.6 Å². The van der Waals surface area contributed by atoms with Crippen LogP contribution in [0.3, 0.4) is 0 Å². The normalized spacial score (nSPS) is 29.7. The Morgan fingerprint density at radius 3 is 2.37 bits per heavy atom. The minimum Gasteiger partial charge on any atom is -0.316 e. The zero-order valence-corrected chi connectivity index (χ0v) is 14.0. The van der Waals surface area contributed by atoms with E-state index in [-0.39, 0.29) is 0 Å². The van der Waals surface area contributed by atoms with E-state index in [1.165, 1.54) is 51.6 Å². The third-order valence-electron chi connectivity index (χ3n) is 5.34. The van der Waals surface area contributed by atoms with Crippen molar-refractivity contribution >= 4 is 0 Å². The summed E-state index contributed by atoms with van der Waals surface area (Å²) in [4.78, 5) is 0. The summed E-state index contributed by atoms with van der Waals surface area (Å²) >= 11 is 0. The van der Waals surface area contributed by atoms with Crippen LogP contribution in [0.15, 0.2) is 0 Å². The average molecular weight is 268 g/mol. The molecule has 1 aliphatic carbocycles. The van der Waals surface area contributed by atoms with Crippen molar-refractivity contribution in [3.63, 3.8) is 0 Å². The van der Waals surface area contributed by atoms with E-state index in [1.54, 1.807) is 0 Å². The Labute approximate surface area is 121 Å². The van der Waals surface area contributed by atoms with Crippen LogP contribution in [-0.4, -0.2) is 13.1 Å². The van der Waals surface area contributed by atoms with Crippen molar-refractivity contribution in [2.75, 3.05) is 13.1 Å². The Kier molecular flexibility index (Phi) is 8.06. The van der Waals surface area contributed by atoms with Crippen LogP contribution >= 0.6 is 0 Å². The molecular weight excluding hydrogens is 230 g/mol. The lowest BCUT2D eigenvalue weighted by molar-refractivity contribution is 0.0996. The summed E-state index contributed by atoms with van der Waals surface area (Å²) in [6.07, 6.45) is 8.43. The van der Waals surface area contributed by atoms with E-state index in [0.717, 1.165) is 29.6 Å². The van der Waals surface area contributed by atoms with E-state index in [9.17, 15) is 0 Å². The van der Waals surface area contributed by atoms with Gasteiger partial charge in [0.1, 0.15) is 0 Å². The van der Waals surface area contributed by atoms with E-state index in [4.69, 9.17) is 0 Å². The highest BCUT2D eigenvalue weighted by Gasteiger charge is 2.34. The maximum atomic E-state index is 3.68. The molecule has 1 heteroatoms. The molecule has 1 N–H and O–H groups in total. The van der Waals surface area contributed by atoms with Gasteiger partial charge in [-0.1, -0.05) is 47.5 Å². The van der Waals surface area contributed by atoms with Crippen molar-refractivity contribution in [1.82, 2.24) is 5.32 Å². The minimum atomic E-state index is 0.876. The van der Waals surface area contributed by atoms with Gasteiger partial charge in [-0.2, -0.15) is 0 Å².